The molecule has 8 heteroatoms. The fourth-order valence-corrected chi connectivity index (χ4v) is 0.934. The number of rotatable bonds is 7. The summed E-state index contributed by atoms with van der Waals surface area (Å²) in [5, 5.41) is 12.3. The molecule has 0 aliphatic rings. The summed E-state index contributed by atoms with van der Waals surface area (Å²) >= 11 is 0. The number of alkyl halides is 2. The zero-order valence-electron chi connectivity index (χ0n) is 8.47. The molecule has 0 bridgehead atoms. The minimum absolute atomic E-state index is 0.0810. The van der Waals surface area contributed by atoms with Gasteiger partial charge >= 0.3 is 0 Å². The van der Waals surface area contributed by atoms with Crippen molar-refractivity contribution in [2.75, 3.05) is 19.8 Å². The molecule has 0 aromatic carbocycles. The predicted octanol–water partition coefficient (Wildman–Crippen LogP) is -0.114. The molecule has 0 aliphatic carbocycles. The second-order valence-electron chi connectivity index (χ2n) is 3.05. The number of hydrogen-bond acceptors (Lipinski definition) is 6. The maximum absolute atomic E-state index is 11.7. The molecule has 16 heavy (non-hydrogen) atoms. The van der Waals surface area contributed by atoms with Crippen LogP contribution in [0.4, 0.5) is 8.78 Å². The van der Waals surface area contributed by atoms with Crippen molar-refractivity contribution in [3.63, 3.8) is 0 Å². The molecular formula is C8H13F2N3O3. The number of aliphatic hydroxyl groups excluding tert-OH is 1. The van der Waals surface area contributed by atoms with E-state index in [0.29, 0.717) is 5.82 Å². The minimum atomic E-state index is -2.48. The van der Waals surface area contributed by atoms with Crippen LogP contribution in [0, 0.1) is 0 Å². The van der Waals surface area contributed by atoms with E-state index in [1.54, 1.807) is 0 Å². The molecule has 1 rings (SSSR count). The lowest BCUT2D eigenvalue weighted by Gasteiger charge is -2.00. The average Bonchev–Trinajstić information content (AvgIpc) is 2.71. The van der Waals surface area contributed by atoms with Crippen LogP contribution in [0.1, 0.15) is 17.8 Å². The largest absolute Gasteiger partial charge is 0.394 e. The Bertz CT molecular complexity index is 308. The topological polar surface area (TPSA) is 94.4 Å². The first-order valence-corrected chi connectivity index (χ1v) is 4.68. The minimum Gasteiger partial charge on any atom is -0.394 e. The Morgan fingerprint density at radius 3 is 2.88 bits per heavy atom. The second kappa shape index (κ2) is 6.46. The third-order valence-electron chi connectivity index (χ3n) is 1.71. The van der Waals surface area contributed by atoms with E-state index >= 15 is 0 Å². The number of aromatic nitrogens is 2. The number of nitrogens with zero attached hydrogens (tertiary/aromatic N) is 2. The Kier molecular flexibility index (Phi) is 5.23. The first-order valence-electron chi connectivity index (χ1n) is 4.68. The Balaban J connectivity index is 2.29. The van der Waals surface area contributed by atoms with Crippen LogP contribution in [0.25, 0.3) is 0 Å². The van der Waals surface area contributed by atoms with Gasteiger partial charge < -0.3 is 20.1 Å². The Morgan fingerprint density at radius 1 is 1.50 bits per heavy atom. The highest BCUT2D eigenvalue weighted by Gasteiger charge is 2.13. The zero-order valence-corrected chi connectivity index (χ0v) is 8.47. The molecule has 0 aliphatic heterocycles. The number of ether oxygens (including phenoxy) is 1. The summed E-state index contributed by atoms with van der Waals surface area (Å²) in [5.41, 5.74) is 5.43. The Hall–Kier alpha value is -1.12. The normalized spacial score (nSPS) is 13.3. The summed E-state index contributed by atoms with van der Waals surface area (Å²) in [6.45, 7) is -0.831. The van der Waals surface area contributed by atoms with Gasteiger partial charge in [0.15, 0.2) is 5.82 Å². The monoisotopic (exact) mass is 237 g/mol. The second-order valence-corrected chi connectivity index (χ2v) is 3.05. The van der Waals surface area contributed by atoms with Crippen LogP contribution in [-0.4, -0.2) is 41.5 Å². The van der Waals surface area contributed by atoms with Crippen molar-refractivity contribution in [1.82, 2.24) is 10.1 Å². The Labute approximate surface area is 90.4 Å². The van der Waals surface area contributed by atoms with Crippen molar-refractivity contribution in [2.24, 2.45) is 5.73 Å². The van der Waals surface area contributed by atoms with Gasteiger partial charge in [0.2, 0.25) is 5.89 Å². The lowest BCUT2D eigenvalue weighted by atomic mass is 10.3. The molecule has 3 N–H and O–H groups in total. The number of nitrogens with two attached hydrogens (primary N) is 1. The fraction of sp³-hybridized carbons (Fsp3) is 0.750. The van der Waals surface area contributed by atoms with Crippen molar-refractivity contribution >= 4 is 0 Å². The van der Waals surface area contributed by atoms with Crippen LogP contribution in [0.2, 0.25) is 0 Å². The van der Waals surface area contributed by atoms with Gasteiger partial charge in [-0.25, -0.2) is 8.78 Å². The summed E-state index contributed by atoms with van der Waals surface area (Å²) in [4.78, 5) is 3.87. The first-order chi connectivity index (χ1) is 7.63. The molecule has 0 radical (unpaired) electrons. The van der Waals surface area contributed by atoms with E-state index in [-0.39, 0.29) is 25.5 Å². The lowest BCUT2D eigenvalue weighted by molar-refractivity contribution is 0.0182. The summed E-state index contributed by atoms with van der Waals surface area (Å²) in [6, 6.07) is -0.719. The molecule has 1 aromatic heterocycles. The van der Waals surface area contributed by atoms with E-state index in [0.717, 1.165) is 0 Å². The molecule has 0 amide bonds. The predicted molar refractivity (Wildman–Crippen MR) is 48.8 cm³/mol. The fourth-order valence-electron chi connectivity index (χ4n) is 0.934. The SMILES string of the molecule is N[C@H](CO)c1nc(CCOCC(F)F)no1. The van der Waals surface area contributed by atoms with Gasteiger partial charge in [0.05, 0.1) is 13.2 Å². The molecule has 6 nitrogen and oxygen atoms in total. The van der Waals surface area contributed by atoms with E-state index in [1.165, 1.54) is 0 Å². The van der Waals surface area contributed by atoms with E-state index < -0.39 is 19.1 Å². The summed E-state index contributed by atoms with van der Waals surface area (Å²) in [5.74, 6) is 0.430. The standard InChI is InChI=1S/C8H13F2N3O3/c9-6(10)4-15-2-1-7-12-8(16-13-7)5(11)3-14/h5-6,14H,1-4,11H2/t5-/m1/s1. The van der Waals surface area contributed by atoms with Crippen LogP contribution >= 0.6 is 0 Å². The average molecular weight is 237 g/mol. The van der Waals surface area contributed by atoms with Gasteiger partial charge in [-0.2, -0.15) is 4.98 Å². The zero-order chi connectivity index (χ0) is 12.0. The lowest BCUT2D eigenvalue weighted by Crippen LogP contribution is -2.15. The first kappa shape index (κ1) is 12.9. The van der Waals surface area contributed by atoms with Crippen LogP contribution in [0.15, 0.2) is 4.52 Å². The van der Waals surface area contributed by atoms with Gasteiger partial charge in [0, 0.05) is 6.42 Å². The smallest absolute Gasteiger partial charge is 0.261 e. The van der Waals surface area contributed by atoms with E-state index in [9.17, 15) is 8.78 Å². The highest BCUT2D eigenvalue weighted by Crippen LogP contribution is 2.06. The molecule has 0 fully saturated rings. The summed E-state index contributed by atoms with van der Waals surface area (Å²) < 4.78 is 32.8. The summed E-state index contributed by atoms with van der Waals surface area (Å²) in [6.07, 6.45) is -2.22. The number of hydrogen-bond donors (Lipinski definition) is 2. The van der Waals surface area contributed by atoms with Gasteiger partial charge in [-0.1, -0.05) is 5.16 Å². The van der Waals surface area contributed by atoms with Gasteiger partial charge in [-0.3, -0.25) is 0 Å². The molecule has 92 valence electrons. The molecule has 1 heterocycles. The molecule has 0 unspecified atom stereocenters. The Morgan fingerprint density at radius 2 is 2.25 bits per heavy atom. The van der Waals surface area contributed by atoms with Crippen LogP contribution in [0.5, 0.6) is 0 Å². The van der Waals surface area contributed by atoms with Crippen molar-refractivity contribution in [2.45, 2.75) is 18.9 Å². The highest BCUT2D eigenvalue weighted by atomic mass is 19.3. The van der Waals surface area contributed by atoms with Crippen LogP contribution in [0.3, 0.4) is 0 Å². The van der Waals surface area contributed by atoms with Crippen molar-refractivity contribution in [3.8, 4) is 0 Å². The molecule has 1 aromatic rings. The van der Waals surface area contributed by atoms with Crippen LogP contribution < -0.4 is 5.73 Å². The van der Waals surface area contributed by atoms with Gasteiger partial charge in [-0.05, 0) is 0 Å². The third kappa shape index (κ3) is 4.17. The van der Waals surface area contributed by atoms with E-state index in [2.05, 4.69) is 14.9 Å². The maximum Gasteiger partial charge on any atom is 0.261 e. The van der Waals surface area contributed by atoms with Crippen molar-refractivity contribution in [1.29, 1.82) is 0 Å². The van der Waals surface area contributed by atoms with Crippen molar-refractivity contribution in [3.05, 3.63) is 11.7 Å². The molecule has 0 saturated heterocycles. The van der Waals surface area contributed by atoms with Crippen LogP contribution in [-0.2, 0) is 11.2 Å². The van der Waals surface area contributed by atoms with Gasteiger partial charge in [-0.15, -0.1) is 0 Å². The molecule has 0 spiro atoms. The highest BCUT2D eigenvalue weighted by molar-refractivity contribution is 4.91. The summed E-state index contributed by atoms with van der Waals surface area (Å²) in [7, 11) is 0. The quantitative estimate of drug-likeness (QED) is 0.642. The van der Waals surface area contributed by atoms with E-state index in [1.807, 2.05) is 0 Å². The van der Waals surface area contributed by atoms with E-state index in [4.69, 9.17) is 15.4 Å². The van der Waals surface area contributed by atoms with Crippen molar-refractivity contribution < 1.29 is 23.1 Å². The number of halogens is 2. The van der Waals surface area contributed by atoms with Gasteiger partial charge in [0.25, 0.3) is 6.43 Å². The maximum atomic E-state index is 11.7. The molecule has 0 saturated carbocycles. The molecule has 1 atom stereocenters. The van der Waals surface area contributed by atoms with Gasteiger partial charge in [0.1, 0.15) is 12.6 Å². The molecular weight excluding hydrogens is 224 g/mol. The third-order valence-corrected chi connectivity index (χ3v) is 1.71. The number of aliphatic hydroxyl groups is 1.